The number of rotatable bonds is 2. The Kier molecular flexibility index (Phi) is 9.43. The van der Waals surface area contributed by atoms with Crippen LogP contribution in [0, 0.1) is 0 Å². The average Bonchev–Trinajstić information content (AvgIpc) is 2.34. The molecule has 0 aliphatic carbocycles. The van der Waals surface area contributed by atoms with Gasteiger partial charge in [-0.3, -0.25) is 0 Å². The maximum atomic E-state index is 8.93. The Balaban J connectivity index is 2.19. The van der Waals surface area contributed by atoms with Gasteiger partial charge >= 0.3 is 0 Å². The van der Waals surface area contributed by atoms with Crippen molar-refractivity contribution in [2.24, 2.45) is 0 Å². The fourth-order valence-electron chi connectivity index (χ4n) is 1.81. The van der Waals surface area contributed by atoms with Crippen molar-refractivity contribution in [2.45, 2.75) is 38.5 Å². The molecule has 0 atom stereocenters. The van der Waals surface area contributed by atoms with Gasteiger partial charge in [-0.2, -0.15) is 22.1 Å². The largest absolute Gasteiger partial charge is 0.395 e. The van der Waals surface area contributed by atoms with E-state index in [9.17, 15) is 0 Å². The highest BCUT2D eigenvalue weighted by Gasteiger charge is 2.02. The van der Waals surface area contributed by atoms with Crippen LogP contribution in [0.25, 0.3) is 0 Å². The lowest BCUT2D eigenvalue weighted by atomic mass is 10.1. The number of hydrazine groups is 5. The number of aliphatic hydroxyl groups excluding tert-OH is 1. The number of nitrogens with one attached hydrogen (secondary N) is 5. The topological polar surface area (TPSA) is 83.6 Å². The summed E-state index contributed by atoms with van der Waals surface area (Å²) in [5.41, 5.74) is 14.5. The smallest absolute Gasteiger partial charge is 0.0573 e. The molecule has 6 N–H and O–H groups in total. The summed E-state index contributed by atoms with van der Waals surface area (Å²) >= 11 is 0. The quantitative estimate of drug-likeness (QED) is 0.379. The van der Waals surface area contributed by atoms with Gasteiger partial charge in [0.05, 0.1) is 6.61 Å². The monoisotopic (exact) mass is 246 g/mol. The second-order valence-corrected chi connectivity index (χ2v) is 4.25. The Hall–Kier alpha value is -0.280. The van der Waals surface area contributed by atoms with Gasteiger partial charge in [0.15, 0.2) is 0 Å². The maximum Gasteiger partial charge on any atom is 0.0573 e. The number of aliphatic hydroxyl groups is 1. The van der Waals surface area contributed by atoms with Gasteiger partial charge in [-0.25, -0.2) is 10.4 Å². The van der Waals surface area contributed by atoms with Crippen molar-refractivity contribution in [1.82, 2.24) is 32.6 Å². The minimum atomic E-state index is 0.153. The van der Waals surface area contributed by atoms with Crippen molar-refractivity contribution in [3.8, 4) is 0 Å². The average molecular weight is 246 g/mol. The van der Waals surface area contributed by atoms with Crippen molar-refractivity contribution in [3.05, 3.63) is 0 Å². The lowest BCUT2D eigenvalue weighted by Crippen LogP contribution is -2.60. The molecular formula is C10H26N6O. The van der Waals surface area contributed by atoms with Gasteiger partial charge in [0.1, 0.15) is 0 Å². The van der Waals surface area contributed by atoms with E-state index in [2.05, 4.69) is 27.6 Å². The van der Waals surface area contributed by atoms with Crippen LogP contribution in [-0.2, 0) is 0 Å². The molecule has 7 heteroatoms. The molecule has 0 amide bonds. The van der Waals surface area contributed by atoms with Gasteiger partial charge < -0.3 is 5.11 Å². The fraction of sp³-hybridized carbons (Fsp3) is 1.00. The van der Waals surface area contributed by atoms with Crippen LogP contribution in [0.3, 0.4) is 0 Å². The summed E-state index contributed by atoms with van der Waals surface area (Å²) in [6, 6.07) is 0. The Morgan fingerprint density at radius 1 is 0.882 bits per heavy atom. The van der Waals surface area contributed by atoms with Crippen molar-refractivity contribution in [1.29, 1.82) is 0 Å². The molecule has 0 spiro atoms. The molecule has 0 radical (unpaired) electrons. The van der Waals surface area contributed by atoms with Gasteiger partial charge in [-0.05, 0) is 12.8 Å². The normalized spacial score (nSPS) is 23.1. The van der Waals surface area contributed by atoms with Crippen LogP contribution in [-0.4, -0.2) is 36.4 Å². The van der Waals surface area contributed by atoms with E-state index in [0.717, 1.165) is 19.5 Å². The van der Waals surface area contributed by atoms with Gasteiger partial charge in [0, 0.05) is 19.6 Å². The molecule has 102 valence electrons. The van der Waals surface area contributed by atoms with Crippen molar-refractivity contribution < 1.29 is 5.11 Å². The van der Waals surface area contributed by atoms with Gasteiger partial charge in [0.25, 0.3) is 0 Å². The summed E-state index contributed by atoms with van der Waals surface area (Å²) in [6.45, 7) is 2.65. The van der Waals surface area contributed by atoms with Crippen LogP contribution >= 0.6 is 0 Å². The molecule has 17 heavy (non-hydrogen) atoms. The second kappa shape index (κ2) is 10.8. The highest BCUT2D eigenvalue weighted by Crippen LogP contribution is 2.05. The lowest BCUT2D eigenvalue weighted by Gasteiger charge is -2.23. The molecule has 1 aliphatic rings. The standard InChI is InChI=1S/C10H26N6O/c17-10-9-16-8-6-4-2-1-3-5-7-11-12-13-14-15-16/h11-15,17H,1-10H2. The van der Waals surface area contributed by atoms with Gasteiger partial charge in [-0.1, -0.05) is 25.7 Å². The van der Waals surface area contributed by atoms with Gasteiger partial charge in [0.2, 0.25) is 0 Å². The van der Waals surface area contributed by atoms with Crippen molar-refractivity contribution >= 4 is 0 Å². The predicted octanol–water partition coefficient (Wildman–Crippen LogP) is -0.842. The van der Waals surface area contributed by atoms with E-state index in [1.165, 1.54) is 32.1 Å². The third-order valence-electron chi connectivity index (χ3n) is 2.78. The first-order chi connectivity index (χ1) is 8.43. The van der Waals surface area contributed by atoms with Crippen LogP contribution in [0.2, 0.25) is 0 Å². The highest BCUT2D eigenvalue weighted by molar-refractivity contribution is 4.52. The lowest BCUT2D eigenvalue weighted by molar-refractivity contribution is 0.0945. The number of hydrogen-bond acceptors (Lipinski definition) is 7. The Morgan fingerprint density at radius 2 is 1.65 bits per heavy atom. The first kappa shape index (κ1) is 14.8. The van der Waals surface area contributed by atoms with Crippen LogP contribution in [0.1, 0.15) is 38.5 Å². The molecule has 1 fully saturated rings. The van der Waals surface area contributed by atoms with Crippen LogP contribution in [0.4, 0.5) is 0 Å². The molecule has 1 heterocycles. The fourth-order valence-corrected chi connectivity index (χ4v) is 1.81. The molecule has 0 aromatic carbocycles. The minimum Gasteiger partial charge on any atom is -0.395 e. The van der Waals surface area contributed by atoms with Crippen molar-refractivity contribution in [2.75, 3.05) is 26.2 Å². The first-order valence-electron chi connectivity index (χ1n) is 6.53. The predicted molar refractivity (Wildman–Crippen MR) is 66.9 cm³/mol. The Bertz CT molecular complexity index is 157. The molecule has 7 nitrogen and oxygen atoms in total. The zero-order valence-electron chi connectivity index (χ0n) is 10.5. The summed E-state index contributed by atoms with van der Waals surface area (Å²) in [7, 11) is 0. The SMILES string of the molecule is OCCN1CCCCCCCCNNNNN1. The second-order valence-electron chi connectivity index (χ2n) is 4.25. The summed E-state index contributed by atoms with van der Waals surface area (Å²) < 4.78 is 0. The third-order valence-corrected chi connectivity index (χ3v) is 2.78. The highest BCUT2D eigenvalue weighted by atomic mass is 16.3. The van der Waals surface area contributed by atoms with Crippen LogP contribution in [0.15, 0.2) is 0 Å². The summed E-state index contributed by atoms with van der Waals surface area (Å²) in [5, 5.41) is 10.9. The first-order valence-corrected chi connectivity index (χ1v) is 6.53. The number of β-amino-alcohol motifs (C(OH)–C–C–N with tert-alkyl or cyclic N) is 1. The molecule has 0 bridgehead atoms. The molecule has 0 aromatic rings. The number of hydrogen-bond donors (Lipinski definition) is 6. The van der Waals surface area contributed by atoms with Crippen LogP contribution in [0.5, 0.6) is 0 Å². The zero-order chi connectivity index (χ0) is 12.2. The van der Waals surface area contributed by atoms with E-state index in [0.29, 0.717) is 6.54 Å². The van der Waals surface area contributed by atoms with E-state index in [1.54, 1.807) is 0 Å². The molecule has 1 aliphatic heterocycles. The van der Waals surface area contributed by atoms with Crippen molar-refractivity contribution in [3.63, 3.8) is 0 Å². The summed E-state index contributed by atoms with van der Waals surface area (Å²) in [5.74, 6) is 0. The van der Waals surface area contributed by atoms with E-state index >= 15 is 0 Å². The number of nitrogens with zero attached hydrogens (tertiary/aromatic N) is 1. The maximum absolute atomic E-state index is 8.93. The van der Waals surface area contributed by atoms with E-state index in [-0.39, 0.29) is 6.61 Å². The molecule has 0 unspecified atom stereocenters. The molecular weight excluding hydrogens is 220 g/mol. The van der Waals surface area contributed by atoms with E-state index in [1.807, 2.05) is 5.01 Å². The van der Waals surface area contributed by atoms with E-state index in [4.69, 9.17) is 5.11 Å². The van der Waals surface area contributed by atoms with Gasteiger partial charge in [-0.15, -0.1) is 0 Å². The molecule has 1 rings (SSSR count). The van der Waals surface area contributed by atoms with E-state index < -0.39 is 0 Å². The zero-order valence-corrected chi connectivity index (χ0v) is 10.5. The molecule has 1 saturated heterocycles. The Labute approximate surface area is 103 Å². The van der Waals surface area contributed by atoms with Crippen LogP contribution < -0.4 is 27.6 Å². The summed E-state index contributed by atoms with van der Waals surface area (Å²) in [6.07, 6.45) is 7.48. The molecule has 0 saturated carbocycles. The minimum absolute atomic E-state index is 0.153. The third kappa shape index (κ3) is 8.44. The summed E-state index contributed by atoms with van der Waals surface area (Å²) in [4.78, 5) is 0. The molecule has 0 aromatic heterocycles. The Morgan fingerprint density at radius 3 is 2.47 bits per heavy atom.